The molecule has 1 saturated carbocycles. The van der Waals surface area contributed by atoms with Crippen LogP contribution in [0.4, 0.5) is 0 Å². The molecule has 0 aromatic rings. The van der Waals surface area contributed by atoms with Gasteiger partial charge in [0, 0.05) is 25.2 Å². The summed E-state index contributed by atoms with van der Waals surface area (Å²) in [6, 6.07) is 0. The third kappa shape index (κ3) is 28.2. The van der Waals surface area contributed by atoms with Crippen LogP contribution in [-0.2, 0) is 28.2 Å². The molecule has 11 nitrogen and oxygen atoms in total. The Kier molecular flexibility index (Phi) is 29.4. The lowest BCUT2D eigenvalue weighted by molar-refractivity contribution is -0.161. The summed E-state index contributed by atoms with van der Waals surface area (Å²) in [5.41, 5.74) is 0. The lowest BCUT2D eigenvalue weighted by Gasteiger charge is -2.19. The minimum Gasteiger partial charge on any atom is -0.462 e. The van der Waals surface area contributed by atoms with Crippen molar-refractivity contribution in [2.24, 2.45) is 11.8 Å². The lowest BCUT2D eigenvalue weighted by Crippen LogP contribution is -2.29. The van der Waals surface area contributed by atoms with Crippen molar-refractivity contribution in [1.82, 2.24) is 0 Å². The van der Waals surface area contributed by atoms with E-state index >= 15 is 0 Å². The summed E-state index contributed by atoms with van der Waals surface area (Å²) in [5, 5.41) is 31.2. The van der Waals surface area contributed by atoms with Crippen molar-refractivity contribution in [2.75, 3.05) is 13.2 Å². The zero-order valence-electron chi connectivity index (χ0n) is 33.1. The van der Waals surface area contributed by atoms with Gasteiger partial charge in [-0.05, 0) is 76.5 Å². The van der Waals surface area contributed by atoms with Gasteiger partial charge in [-0.3, -0.25) is 14.1 Å². The number of aliphatic hydroxyl groups is 3. The number of hydrogen-bond donors (Lipinski definition) is 5. The first-order valence-corrected chi connectivity index (χ1v) is 21.7. The quantitative estimate of drug-likeness (QED) is 0.0197. The highest BCUT2D eigenvalue weighted by atomic mass is 31.2. The standard InChI is InChI=1S/C43H69O11P/c1-3-5-7-8-9-10-11-12-13-14-15-16-17-18-19-20-25-29-42(47)52-34-37(35-53-55(49,50)51)54-43(48)30-26-22-21-24-28-38-39(41(46)33-40(38)45)32-31-36(44)27-23-6-4-2/h5,7,9-10,12-13,15-16,18-19,21,24,31-32,36-41,44-46H,3-4,6,8,11,14,17,20,22-23,25-30,33-35H2,1-2H3,(H2,49,50,51)/b7-5-,10-9-,13-12-,16-15-,19-18-,24-21+,32-31+/t36-,37+,38+,39+,40-,41+/m0/s1. The SMILES string of the molecule is CC/C=C\C/C=C\C/C=C\C/C=C\C/C=C\CCCC(=O)OC[C@H](COP(=O)(O)O)OC(=O)CCC/C=C/C[C@@H]1[C@@H](/C=C/[C@@H](O)CCCCC)[C@H](O)C[C@@H]1O. The Hall–Kier alpha value is -2.89. The predicted molar refractivity (Wildman–Crippen MR) is 218 cm³/mol. The second-order valence-electron chi connectivity index (χ2n) is 13.8. The molecule has 55 heavy (non-hydrogen) atoms. The Balaban J connectivity index is 2.37. The van der Waals surface area contributed by atoms with Crippen LogP contribution >= 0.6 is 7.82 Å². The van der Waals surface area contributed by atoms with E-state index < -0.39 is 57.4 Å². The molecule has 0 unspecified atom stereocenters. The molecule has 1 rings (SSSR count). The molecule has 0 aliphatic heterocycles. The van der Waals surface area contributed by atoms with Crippen LogP contribution in [0.3, 0.4) is 0 Å². The third-order valence-electron chi connectivity index (χ3n) is 8.97. The average Bonchev–Trinajstić information content (AvgIpc) is 3.41. The first-order valence-electron chi connectivity index (χ1n) is 20.1. The van der Waals surface area contributed by atoms with Crippen molar-refractivity contribution in [3.8, 4) is 0 Å². The molecule has 0 aromatic carbocycles. The van der Waals surface area contributed by atoms with Gasteiger partial charge in [0.15, 0.2) is 6.10 Å². The number of unbranched alkanes of at least 4 members (excludes halogenated alkanes) is 4. The highest BCUT2D eigenvalue weighted by Crippen LogP contribution is 2.37. The van der Waals surface area contributed by atoms with Crippen LogP contribution in [0.15, 0.2) is 85.1 Å². The largest absolute Gasteiger partial charge is 0.469 e. The van der Waals surface area contributed by atoms with Gasteiger partial charge in [-0.1, -0.05) is 118 Å². The number of allylic oxidation sites excluding steroid dienone is 12. The monoisotopic (exact) mass is 792 g/mol. The molecule has 0 heterocycles. The van der Waals surface area contributed by atoms with Crippen LogP contribution in [0.25, 0.3) is 0 Å². The number of hydrogen-bond acceptors (Lipinski definition) is 9. The molecule has 0 bridgehead atoms. The zero-order valence-corrected chi connectivity index (χ0v) is 34.0. The summed E-state index contributed by atoms with van der Waals surface area (Å²) in [6.45, 7) is 3.20. The summed E-state index contributed by atoms with van der Waals surface area (Å²) >= 11 is 0. The molecule has 0 spiro atoms. The smallest absolute Gasteiger partial charge is 0.462 e. The predicted octanol–water partition coefficient (Wildman–Crippen LogP) is 8.44. The van der Waals surface area contributed by atoms with E-state index in [9.17, 15) is 29.5 Å². The van der Waals surface area contributed by atoms with Gasteiger partial charge in [0.25, 0.3) is 0 Å². The zero-order chi connectivity index (χ0) is 40.6. The number of carbonyl (C=O) groups excluding carboxylic acids is 2. The van der Waals surface area contributed by atoms with Crippen molar-refractivity contribution >= 4 is 19.8 Å². The second kappa shape index (κ2) is 32.2. The Morgan fingerprint density at radius 1 is 0.727 bits per heavy atom. The average molecular weight is 793 g/mol. The Morgan fingerprint density at radius 3 is 1.87 bits per heavy atom. The van der Waals surface area contributed by atoms with E-state index in [-0.39, 0.29) is 31.1 Å². The topological polar surface area (TPSA) is 180 Å². The van der Waals surface area contributed by atoms with Crippen LogP contribution in [0.1, 0.15) is 123 Å². The van der Waals surface area contributed by atoms with Gasteiger partial charge < -0.3 is 34.6 Å². The maximum atomic E-state index is 12.5. The Bertz CT molecular complexity index is 1280. The first-order chi connectivity index (χ1) is 26.5. The van der Waals surface area contributed by atoms with Crippen molar-refractivity contribution in [3.63, 3.8) is 0 Å². The van der Waals surface area contributed by atoms with Gasteiger partial charge in [-0.15, -0.1) is 0 Å². The van der Waals surface area contributed by atoms with E-state index in [0.717, 1.165) is 51.4 Å². The number of phosphoric acid groups is 1. The lowest BCUT2D eigenvalue weighted by atomic mass is 9.89. The maximum Gasteiger partial charge on any atom is 0.469 e. The molecule has 1 aliphatic rings. The van der Waals surface area contributed by atoms with Crippen molar-refractivity contribution in [1.29, 1.82) is 0 Å². The van der Waals surface area contributed by atoms with E-state index in [1.54, 1.807) is 6.08 Å². The highest BCUT2D eigenvalue weighted by Gasteiger charge is 2.39. The van der Waals surface area contributed by atoms with Crippen molar-refractivity contribution in [2.45, 2.75) is 147 Å². The molecule has 0 amide bonds. The molecule has 0 saturated heterocycles. The van der Waals surface area contributed by atoms with Crippen molar-refractivity contribution < 1.29 is 53.3 Å². The molecule has 312 valence electrons. The summed E-state index contributed by atoms with van der Waals surface area (Å²) < 4.78 is 26.3. The molecule has 1 aliphatic carbocycles. The number of esters is 2. The molecular formula is C43H69O11P. The fourth-order valence-corrected chi connectivity index (χ4v) is 6.29. The number of carbonyl (C=O) groups is 2. The van der Waals surface area contributed by atoms with Crippen LogP contribution in [0.2, 0.25) is 0 Å². The van der Waals surface area contributed by atoms with Crippen LogP contribution in [0, 0.1) is 11.8 Å². The molecule has 6 atom stereocenters. The van der Waals surface area contributed by atoms with Gasteiger partial charge in [0.05, 0.1) is 24.9 Å². The molecule has 1 fully saturated rings. The molecule has 0 aromatic heterocycles. The van der Waals surface area contributed by atoms with E-state index in [1.165, 1.54) is 0 Å². The normalized spacial score (nSPS) is 20.8. The fourth-order valence-electron chi connectivity index (χ4n) is 5.93. The fraction of sp³-hybridized carbons (Fsp3) is 0.628. The number of rotatable bonds is 31. The van der Waals surface area contributed by atoms with Crippen LogP contribution in [-0.4, -0.2) is 74.7 Å². The number of ether oxygens (including phenoxy) is 2. The third-order valence-corrected chi connectivity index (χ3v) is 9.45. The van der Waals surface area contributed by atoms with Crippen molar-refractivity contribution in [3.05, 3.63) is 85.1 Å². The molecule has 5 N–H and O–H groups in total. The molecule has 0 radical (unpaired) electrons. The minimum atomic E-state index is -4.84. The van der Waals surface area contributed by atoms with Gasteiger partial charge in [-0.2, -0.15) is 0 Å². The summed E-state index contributed by atoms with van der Waals surface area (Å²) in [4.78, 5) is 43.0. The molecule has 12 heteroatoms. The summed E-state index contributed by atoms with van der Waals surface area (Å²) in [7, 11) is -4.84. The van der Waals surface area contributed by atoms with E-state index in [0.29, 0.717) is 38.5 Å². The van der Waals surface area contributed by atoms with E-state index in [1.807, 2.05) is 30.4 Å². The van der Waals surface area contributed by atoms with Gasteiger partial charge in [-0.25, -0.2) is 4.57 Å². The highest BCUT2D eigenvalue weighted by molar-refractivity contribution is 7.46. The Morgan fingerprint density at radius 2 is 1.29 bits per heavy atom. The Labute approximate surface area is 329 Å². The van der Waals surface area contributed by atoms with Crippen LogP contribution < -0.4 is 0 Å². The second-order valence-corrected chi connectivity index (χ2v) is 15.1. The van der Waals surface area contributed by atoms with E-state index in [4.69, 9.17) is 19.3 Å². The first kappa shape index (κ1) is 50.1. The number of aliphatic hydroxyl groups excluding tert-OH is 3. The summed E-state index contributed by atoms with van der Waals surface area (Å²) in [5.74, 6) is -1.60. The van der Waals surface area contributed by atoms with Gasteiger partial charge in [0.2, 0.25) is 0 Å². The maximum absolute atomic E-state index is 12.5. The van der Waals surface area contributed by atoms with Crippen LogP contribution in [0.5, 0.6) is 0 Å². The van der Waals surface area contributed by atoms with E-state index in [2.05, 4.69) is 67.0 Å². The number of phosphoric ester groups is 1. The molecular weight excluding hydrogens is 723 g/mol. The minimum absolute atomic E-state index is 0.0179. The van der Waals surface area contributed by atoms with Gasteiger partial charge in [0.1, 0.15) is 6.61 Å². The summed E-state index contributed by atoms with van der Waals surface area (Å²) in [6.07, 6.45) is 36.9. The van der Waals surface area contributed by atoms with Gasteiger partial charge >= 0.3 is 19.8 Å².